The molecule has 0 spiro atoms. The summed E-state index contributed by atoms with van der Waals surface area (Å²) in [7, 11) is -2.89. The van der Waals surface area contributed by atoms with E-state index in [-0.39, 0.29) is 29.4 Å². The van der Waals surface area contributed by atoms with Crippen molar-refractivity contribution in [1.29, 1.82) is 0 Å². The van der Waals surface area contributed by atoms with E-state index >= 15 is 0 Å². The minimum atomic E-state index is -2.89. The Kier molecular flexibility index (Phi) is 3.52. The molecule has 1 N–H and O–H groups in total. The van der Waals surface area contributed by atoms with Crippen LogP contribution in [0.25, 0.3) is 0 Å². The quantitative estimate of drug-likeness (QED) is 0.785. The Balaban J connectivity index is 1.83. The molecular formula is C11H19NO3S. The molecule has 2 fully saturated rings. The first-order chi connectivity index (χ1) is 7.57. The molecule has 1 saturated carbocycles. The summed E-state index contributed by atoms with van der Waals surface area (Å²) in [6, 6.07) is -0.139. The average molecular weight is 245 g/mol. The minimum absolute atomic E-state index is 0.0711. The van der Waals surface area contributed by atoms with Gasteiger partial charge >= 0.3 is 0 Å². The van der Waals surface area contributed by atoms with Gasteiger partial charge in [-0.05, 0) is 19.3 Å². The maximum Gasteiger partial charge on any atom is 0.223 e. The van der Waals surface area contributed by atoms with Crippen molar-refractivity contribution in [2.45, 2.75) is 44.6 Å². The summed E-state index contributed by atoms with van der Waals surface area (Å²) in [6.45, 7) is 0. The molecule has 0 unspecified atom stereocenters. The van der Waals surface area contributed by atoms with Crippen LogP contribution in [0.1, 0.15) is 38.5 Å². The molecule has 1 atom stereocenters. The molecule has 0 aromatic carbocycles. The third-order valence-corrected chi connectivity index (χ3v) is 5.32. The van der Waals surface area contributed by atoms with E-state index in [1.54, 1.807) is 0 Å². The largest absolute Gasteiger partial charge is 0.352 e. The Morgan fingerprint density at radius 2 is 1.75 bits per heavy atom. The molecule has 2 rings (SSSR count). The van der Waals surface area contributed by atoms with Crippen LogP contribution in [-0.2, 0) is 14.6 Å². The van der Waals surface area contributed by atoms with Crippen molar-refractivity contribution in [3.63, 3.8) is 0 Å². The molecule has 4 nitrogen and oxygen atoms in total. The van der Waals surface area contributed by atoms with Gasteiger partial charge in [-0.15, -0.1) is 0 Å². The van der Waals surface area contributed by atoms with Crippen LogP contribution in [0.3, 0.4) is 0 Å². The highest BCUT2D eigenvalue weighted by Crippen LogP contribution is 2.24. The molecule has 1 saturated heterocycles. The fourth-order valence-corrected chi connectivity index (χ4v) is 4.27. The number of carbonyl (C=O) groups excluding carboxylic acids is 1. The SMILES string of the molecule is O=C(N[C@H]1CCS(=O)(=O)C1)C1CCCCC1. The van der Waals surface area contributed by atoms with Crippen molar-refractivity contribution >= 4 is 15.7 Å². The molecule has 1 amide bonds. The molecule has 1 heterocycles. The van der Waals surface area contributed by atoms with E-state index in [4.69, 9.17) is 0 Å². The molecule has 0 radical (unpaired) electrons. The zero-order valence-corrected chi connectivity index (χ0v) is 10.3. The summed E-state index contributed by atoms with van der Waals surface area (Å²) >= 11 is 0. The van der Waals surface area contributed by atoms with Gasteiger partial charge in [0.15, 0.2) is 9.84 Å². The Hall–Kier alpha value is -0.580. The van der Waals surface area contributed by atoms with Crippen molar-refractivity contribution in [3.05, 3.63) is 0 Å². The van der Waals surface area contributed by atoms with E-state index in [2.05, 4.69) is 5.32 Å². The van der Waals surface area contributed by atoms with Crippen LogP contribution in [0.15, 0.2) is 0 Å². The third-order valence-electron chi connectivity index (χ3n) is 3.55. The first-order valence-corrected chi connectivity index (χ1v) is 7.90. The van der Waals surface area contributed by atoms with Gasteiger partial charge in [-0.1, -0.05) is 19.3 Å². The van der Waals surface area contributed by atoms with E-state index in [0.29, 0.717) is 6.42 Å². The lowest BCUT2D eigenvalue weighted by atomic mass is 9.88. The van der Waals surface area contributed by atoms with E-state index < -0.39 is 9.84 Å². The van der Waals surface area contributed by atoms with Crippen molar-refractivity contribution in [1.82, 2.24) is 5.32 Å². The first kappa shape index (κ1) is 11.9. The van der Waals surface area contributed by atoms with Gasteiger partial charge < -0.3 is 5.32 Å². The summed E-state index contributed by atoms with van der Waals surface area (Å²) in [5.41, 5.74) is 0. The maximum absolute atomic E-state index is 11.9. The van der Waals surface area contributed by atoms with Gasteiger partial charge in [-0.3, -0.25) is 4.79 Å². The highest BCUT2D eigenvalue weighted by molar-refractivity contribution is 7.91. The van der Waals surface area contributed by atoms with Gasteiger partial charge in [0.25, 0.3) is 0 Å². The van der Waals surface area contributed by atoms with Gasteiger partial charge in [0.1, 0.15) is 0 Å². The molecule has 1 aliphatic carbocycles. The van der Waals surface area contributed by atoms with Crippen LogP contribution in [0, 0.1) is 5.92 Å². The summed E-state index contributed by atoms with van der Waals surface area (Å²) < 4.78 is 22.5. The monoisotopic (exact) mass is 245 g/mol. The fourth-order valence-electron chi connectivity index (χ4n) is 2.59. The Morgan fingerprint density at radius 1 is 1.06 bits per heavy atom. The molecule has 0 bridgehead atoms. The number of amides is 1. The zero-order chi connectivity index (χ0) is 11.6. The van der Waals surface area contributed by atoms with Gasteiger partial charge in [-0.2, -0.15) is 0 Å². The Bertz CT molecular complexity index is 357. The van der Waals surface area contributed by atoms with Gasteiger partial charge in [0.05, 0.1) is 11.5 Å². The van der Waals surface area contributed by atoms with Crippen molar-refractivity contribution in [3.8, 4) is 0 Å². The number of sulfone groups is 1. The van der Waals surface area contributed by atoms with Crippen molar-refractivity contribution in [2.75, 3.05) is 11.5 Å². The topological polar surface area (TPSA) is 63.2 Å². The van der Waals surface area contributed by atoms with Gasteiger partial charge in [0, 0.05) is 12.0 Å². The molecule has 0 aromatic rings. The summed E-state index contributed by atoms with van der Waals surface area (Å²) in [6.07, 6.45) is 5.99. The molecule has 1 aliphatic heterocycles. The molecule has 2 aliphatic rings. The zero-order valence-electron chi connectivity index (χ0n) is 9.44. The maximum atomic E-state index is 11.9. The summed E-state index contributed by atoms with van der Waals surface area (Å²) in [5, 5.41) is 2.89. The second kappa shape index (κ2) is 4.73. The third kappa shape index (κ3) is 2.97. The Labute approximate surface area is 96.7 Å². The van der Waals surface area contributed by atoms with Crippen LogP contribution < -0.4 is 5.32 Å². The lowest BCUT2D eigenvalue weighted by Gasteiger charge is -2.22. The average Bonchev–Trinajstić information content (AvgIpc) is 2.59. The van der Waals surface area contributed by atoms with E-state index in [1.807, 2.05) is 0 Å². The predicted molar refractivity (Wildman–Crippen MR) is 61.8 cm³/mol. The predicted octanol–water partition coefficient (Wildman–Crippen LogP) is 0.870. The standard InChI is InChI=1S/C11H19NO3S/c13-11(9-4-2-1-3-5-9)12-10-6-7-16(14,15)8-10/h9-10H,1-8H2,(H,12,13)/t10-/m0/s1. The molecule has 92 valence electrons. The molecule has 5 heteroatoms. The van der Waals surface area contributed by atoms with Crippen molar-refractivity contribution in [2.24, 2.45) is 5.92 Å². The van der Waals surface area contributed by atoms with E-state index in [0.717, 1.165) is 25.7 Å². The lowest BCUT2D eigenvalue weighted by molar-refractivity contribution is -0.126. The highest BCUT2D eigenvalue weighted by atomic mass is 32.2. The molecule has 0 aromatic heterocycles. The van der Waals surface area contributed by atoms with Crippen LogP contribution in [0.5, 0.6) is 0 Å². The van der Waals surface area contributed by atoms with Crippen LogP contribution >= 0.6 is 0 Å². The normalized spacial score (nSPS) is 30.1. The molecule has 16 heavy (non-hydrogen) atoms. The van der Waals surface area contributed by atoms with E-state index in [9.17, 15) is 13.2 Å². The second-order valence-electron chi connectivity index (χ2n) is 4.94. The number of hydrogen-bond donors (Lipinski definition) is 1. The summed E-state index contributed by atoms with van der Waals surface area (Å²) in [4.78, 5) is 11.9. The smallest absolute Gasteiger partial charge is 0.223 e. The highest BCUT2D eigenvalue weighted by Gasteiger charge is 2.31. The fraction of sp³-hybridized carbons (Fsp3) is 0.909. The number of carbonyl (C=O) groups is 1. The minimum Gasteiger partial charge on any atom is -0.352 e. The van der Waals surface area contributed by atoms with E-state index in [1.165, 1.54) is 6.42 Å². The van der Waals surface area contributed by atoms with Gasteiger partial charge in [-0.25, -0.2) is 8.42 Å². The molecular weight excluding hydrogens is 226 g/mol. The van der Waals surface area contributed by atoms with Crippen LogP contribution in [-0.4, -0.2) is 31.9 Å². The number of rotatable bonds is 2. The van der Waals surface area contributed by atoms with Gasteiger partial charge in [0.2, 0.25) is 5.91 Å². The number of hydrogen-bond acceptors (Lipinski definition) is 3. The second-order valence-corrected chi connectivity index (χ2v) is 7.17. The van der Waals surface area contributed by atoms with Crippen molar-refractivity contribution < 1.29 is 13.2 Å². The first-order valence-electron chi connectivity index (χ1n) is 6.08. The Morgan fingerprint density at radius 3 is 2.31 bits per heavy atom. The van der Waals surface area contributed by atoms with Crippen LogP contribution in [0.4, 0.5) is 0 Å². The lowest BCUT2D eigenvalue weighted by Crippen LogP contribution is -2.40. The number of nitrogens with one attached hydrogen (secondary N) is 1. The summed E-state index contributed by atoms with van der Waals surface area (Å²) in [5.74, 6) is 0.549. The van der Waals surface area contributed by atoms with Crippen LogP contribution in [0.2, 0.25) is 0 Å².